The van der Waals surface area contributed by atoms with Crippen LogP contribution in [0.1, 0.15) is 0 Å². The molecule has 1 aromatic carbocycles. The molecule has 0 heterocycles. The lowest BCUT2D eigenvalue weighted by atomic mass is 10.3. The van der Waals surface area contributed by atoms with Crippen molar-refractivity contribution >= 4 is 17.3 Å². The van der Waals surface area contributed by atoms with Crippen molar-refractivity contribution in [3.05, 3.63) is 24.3 Å². The monoisotopic (exact) mass is 259 g/mol. The molecule has 0 bridgehead atoms. The Bertz CT molecular complexity index is 310. The fraction of sp³-hybridized carbons (Fsp3) is 0.500. The summed E-state index contributed by atoms with van der Waals surface area (Å²) < 4.78 is 15.9. The first-order valence-corrected chi connectivity index (χ1v) is 6.07. The molecular weight excluding hydrogens is 242 g/mol. The Hall–Kier alpha value is -0.970. The molecule has 5 heteroatoms. The summed E-state index contributed by atoms with van der Waals surface area (Å²) in [4.78, 5) is 0. The number of nitrogen functional groups attached to an aromatic ring is 1. The smallest absolute Gasteiger partial charge is 0.142 e. The molecule has 0 aliphatic heterocycles. The van der Waals surface area contributed by atoms with Crippen molar-refractivity contribution in [2.45, 2.75) is 0 Å². The molecule has 1 aromatic rings. The van der Waals surface area contributed by atoms with Gasteiger partial charge in [-0.2, -0.15) is 0 Å². The number of nitrogens with two attached hydrogens (primary N) is 1. The average Bonchev–Trinajstić information content (AvgIpc) is 2.35. The molecule has 2 N–H and O–H groups in total. The second kappa shape index (κ2) is 9.10. The van der Waals surface area contributed by atoms with Crippen LogP contribution in [0.4, 0.5) is 5.69 Å². The Morgan fingerprint density at radius 2 is 1.59 bits per heavy atom. The van der Waals surface area contributed by atoms with E-state index in [9.17, 15) is 0 Å². The summed E-state index contributed by atoms with van der Waals surface area (Å²) >= 11 is 5.45. The van der Waals surface area contributed by atoms with Crippen molar-refractivity contribution in [2.24, 2.45) is 0 Å². The number of rotatable bonds is 9. The zero-order valence-electron chi connectivity index (χ0n) is 9.73. The van der Waals surface area contributed by atoms with Gasteiger partial charge in [-0.3, -0.25) is 0 Å². The van der Waals surface area contributed by atoms with Crippen molar-refractivity contribution in [3.8, 4) is 5.75 Å². The highest BCUT2D eigenvalue weighted by Gasteiger charge is 1.97. The van der Waals surface area contributed by atoms with Crippen LogP contribution >= 0.6 is 11.6 Å². The maximum atomic E-state index is 5.72. The summed E-state index contributed by atoms with van der Waals surface area (Å²) in [6.45, 7) is 2.65. The van der Waals surface area contributed by atoms with E-state index in [4.69, 9.17) is 31.5 Å². The Labute approximate surface area is 107 Å². The van der Waals surface area contributed by atoms with Crippen molar-refractivity contribution < 1.29 is 14.2 Å². The molecule has 0 unspecified atom stereocenters. The second-order valence-corrected chi connectivity index (χ2v) is 3.68. The van der Waals surface area contributed by atoms with E-state index in [1.54, 1.807) is 6.07 Å². The maximum absolute atomic E-state index is 5.72. The SMILES string of the molecule is Nc1ccccc1OCCOCCOCCCl. The number of anilines is 1. The highest BCUT2D eigenvalue weighted by Crippen LogP contribution is 2.19. The standard InChI is InChI=1S/C12H18ClNO3/c13-5-6-15-7-8-16-9-10-17-12-4-2-1-3-11(12)14/h1-4H,5-10,14H2. The van der Waals surface area contributed by atoms with Gasteiger partial charge in [0.15, 0.2) is 0 Å². The summed E-state index contributed by atoms with van der Waals surface area (Å²) in [5, 5.41) is 0. The van der Waals surface area contributed by atoms with E-state index in [1.807, 2.05) is 18.2 Å². The van der Waals surface area contributed by atoms with Gasteiger partial charge >= 0.3 is 0 Å². The molecule has 1 rings (SSSR count). The summed E-state index contributed by atoms with van der Waals surface area (Å²) in [6.07, 6.45) is 0. The maximum Gasteiger partial charge on any atom is 0.142 e. The molecule has 0 aliphatic rings. The number of hydrogen-bond acceptors (Lipinski definition) is 4. The van der Waals surface area contributed by atoms with Crippen LogP contribution < -0.4 is 10.5 Å². The Balaban J connectivity index is 1.99. The summed E-state index contributed by atoms with van der Waals surface area (Å²) in [5.74, 6) is 1.20. The van der Waals surface area contributed by atoms with E-state index < -0.39 is 0 Å². The lowest BCUT2D eigenvalue weighted by Crippen LogP contribution is -2.11. The van der Waals surface area contributed by atoms with Crippen LogP contribution in [0.15, 0.2) is 24.3 Å². The van der Waals surface area contributed by atoms with Gasteiger partial charge in [-0.15, -0.1) is 11.6 Å². The quantitative estimate of drug-likeness (QED) is 0.418. The van der Waals surface area contributed by atoms with E-state index >= 15 is 0 Å². The van der Waals surface area contributed by atoms with Gasteiger partial charge in [0.25, 0.3) is 0 Å². The van der Waals surface area contributed by atoms with Crippen molar-refractivity contribution in [1.29, 1.82) is 0 Å². The third kappa shape index (κ3) is 6.36. The first kappa shape index (κ1) is 14.1. The van der Waals surface area contributed by atoms with Crippen LogP contribution in [0, 0.1) is 0 Å². The van der Waals surface area contributed by atoms with Crippen LogP contribution in [-0.2, 0) is 9.47 Å². The van der Waals surface area contributed by atoms with Gasteiger partial charge in [0.1, 0.15) is 12.4 Å². The minimum absolute atomic E-state index is 0.476. The van der Waals surface area contributed by atoms with Crippen molar-refractivity contribution in [1.82, 2.24) is 0 Å². The van der Waals surface area contributed by atoms with E-state index in [0.717, 1.165) is 0 Å². The van der Waals surface area contributed by atoms with Gasteiger partial charge in [0.05, 0.1) is 32.1 Å². The molecule has 0 atom stereocenters. The Morgan fingerprint density at radius 1 is 0.941 bits per heavy atom. The molecule has 0 saturated carbocycles. The molecule has 0 radical (unpaired) electrons. The van der Waals surface area contributed by atoms with Crippen LogP contribution in [-0.4, -0.2) is 38.9 Å². The lowest BCUT2D eigenvalue weighted by molar-refractivity contribution is 0.0411. The number of alkyl halides is 1. The largest absolute Gasteiger partial charge is 0.489 e. The molecular formula is C12H18ClNO3. The summed E-state index contributed by atoms with van der Waals surface area (Å²) in [7, 11) is 0. The van der Waals surface area contributed by atoms with Gasteiger partial charge in [0, 0.05) is 5.88 Å². The van der Waals surface area contributed by atoms with Crippen molar-refractivity contribution in [3.63, 3.8) is 0 Å². The van der Waals surface area contributed by atoms with Crippen LogP contribution in [0.3, 0.4) is 0 Å². The van der Waals surface area contributed by atoms with Crippen molar-refractivity contribution in [2.75, 3.05) is 44.6 Å². The lowest BCUT2D eigenvalue weighted by Gasteiger charge is -2.09. The molecule has 96 valence electrons. The van der Waals surface area contributed by atoms with E-state index in [2.05, 4.69) is 0 Å². The van der Waals surface area contributed by atoms with E-state index in [0.29, 0.717) is 50.4 Å². The topological polar surface area (TPSA) is 53.7 Å². The van der Waals surface area contributed by atoms with Gasteiger partial charge < -0.3 is 19.9 Å². The van der Waals surface area contributed by atoms with Crippen LogP contribution in [0.2, 0.25) is 0 Å². The zero-order chi connectivity index (χ0) is 12.3. The second-order valence-electron chi connectivity index (χ2n) is 3.30. The predicted octanol–water partition coefficient (Wildman–Crippen LogP) is 1.92. The summed E-state index contributed by atoms with van der Waals surface area (Å²) in [6, 6.07) is 7.38. The molecule has 0 aliphatic carbocycles. The number of para-hydroxylation sites is 2. The number of halogens is 1. The molecule has 0 spiro atoms. The predicted molar refractivity (Wildman–Crippen MR) is 68.7 cm³/mol. The number of hydrogen-bond donors (Lipinski definition) is 1. The molecule has 0 fully saturated rings. The molecule has 4 nitrogen and oxygen atoms in total. The third-order valence-electron chi connectivity index (χ3n) is 2.00. The van der Waals surface area contributed by atoms with E-state index in [-0.39, 0.29) is 0 Å². The Morgan fingerprint density at radius 3 is 2.29 bits per heavy atom. The van der Waals surface area contributed by atoms with Gasteiger partial charge in [-0.25, -0.2) is 0 Å². The highest BCUT2D eigenvalue weighted by atomic mass is 35.5. The van der Waals surface area contributed by atoms with E-state index in [1.165, 1.54) is 0 Å². The highest BCUT2D eigenvalue weighted by molar-refractivity contribution is 6.17. The van der Waals surface area contributed by atoms with Crippen LogP contribution in [0.5, 0.6) is 5.75 Å². The molecule has 17 heavy (non-hydrogen) atoms. The zero-order valence-corrected chi connectivity index (χ0v) is 10.5. The first-order valence-electron chi connectivity index (χ1n) is 5.53. The molecule has 0 aromatic heterocycles. The number of benzene rings is 1. The average molecular weight is 260 g/mol. The normalized spacial score (nSPS) is 10.4. The fourth-order valence-electron chi connectivity index (χ4n) is 1.20. The van der Waals surface area contributed by atoms with Crippen LogP contribution in [0.25, 0.3) is 0 Å². The third-order valence-corrected chi connectivity index (χ3v) is 2.15. The first-order chi connectivity index (χ1) is 8.34. The molecule has 0 amide bonds. The van der Waals surface area contributed by atoms with Gasteiger partial charge in [0.2, 0.25) is 0 Å². The Kier molecular flexibility index (Phi) is 7.54. The fourth-order valence-corrected chi connectivity index (χ4v) is 1.31. The van der Waals surface area contributed by atoms with Gasteiger partial charge in [-0.05, 0) is 12.1 Å². The minimum Gasteiger partial charge on any atom is -0.489 e. The minimum atomic E-state index is 0.476. The number of ether oxygens (including phenoxy) is 3. The van der Waals surface area contributed by atoms with Gasteiger partial charge in [-0.1, -0.05) is 12.1 Å². The summed E-state index contributed by atoms with van der Waals surface area (Å²) in [5.41, 5.74) is 6.35. The molecule has 0 saturated heterocycles.